The smallest absolute Gasteiger partial charge is 0.137 e. The molecule has 0 atom stereocenters. The van der Waals surface area contributed by atoms with Gasteiger partial charge in [-0.15, -0.1) is 0 Å². The van der Waals surface area contributed by atoms with Crippen molar-refractivity contribution in [2.24, 2.45) is 7.05 Å². The highest BCUT2D eigenvalue weighted by atomic mass is 15.2. The summed E-state index contributed by atoms with van der Waals surface area (Å²) in [5.74, 6) is 2.89. The van der Waals surface area contributed by atoms with Crippen molar-refractivity contribution in [2.75, 3.05) is 24.3 Å². The second-order valence-corrected chi connectivity index (χ2v) is 4.83. The minimum atomic E-state index is 0.723. The first kappa shape index (κ1) is 14.3. The molecule has 2 aromatic rings. The van der Waals surface area contributed by atoms with Crippen molar-refractivity contribution in [2.45, 2.75) is 26.3 Å². The summed E-state index contributed by atoms with van der Waals surface area (Å²) in [6, 6.07) is 0. The SMILES string of the molecule is CCCc1c(NC)ncnc1N(C)Cc1nccn1C. The Morgan fingerprint density at radius 1 is 1.30 bits per heavy atom. The molecule has 0 radical (unpaired) electrons. The van der Waals surface area contributed by atoms with Crippen LogP contribution < -0.4 is 10.2 Å². The second kappa shape index (κ2) is 6.36. The van der Waals surface area contributed by atoms with Crippen molar-refractivity contribution in [1.82, 2.24) is 19.5 Å². The maximum Gasteiger partial charge on any atom is 0.137 e. The highest BCUT2D eigenvalue weighted by Crippen LogP contribution is 2.24. The van der Waals surface area contributed by atoms with Crippen LogP contribution in [0.4, 0.5) is 11.6 Å². The van der Waals surface area contributed by atoms with E-state index in [0.29, 0.717) is 0 Å². The Hall–Kier alpha value is -2.11. The van der Waals surface area contributed by atoms with Gasteiger partial charge in [-0.1, -0.05) is 13.3 Å². The zero-order valence-corrected chi connectivity index (χ0v) is 12.6. The van der Waals surface area contributed by atoms with Crippen molar-refractivity contribution >= 4 is 11.6 Å². The zero-order chi connectivity index (χ0) is 14.5. The molecule has 6 heteroatoms. The zero-order valence-electron chi connectivity index (χ0n) is 12.6. The first-order valence-corrected chi connectivity index (χ1v) is 6.86. The van der Waals surface area contributed by atoms with E-state index in [9.17, 15) is 0 Å². The van der Waals surface area contributed by atoms with E-state index >= 15 is 0 Å². The van der Waals surface area contributed by atoms with E-state index in [0.717, 1.165) is 42.4 Å². The Balaban J connectivity index is 2.29. The van der Waals surface area contributed by atoms with Gasteiger partial charge >= 0.3 is 0 Å². The number of nitrogens with zero attached hydrogens (tertiary/aromatic N) is 5. The van der Waals surface area contributed by atoms with Gasteiger partial charge in [0.15, 0.2) is 0 Å². The van der Waals surface area contributed by atoms with Crippen molar-refractivity contribution < 1.29 is 0 Å². The van der Waals surface area contributed by atoms with E-state index in [-0.39, 0.29) is 0 Å². The Bertz CT molecular complexity index is 563. The van der Waals surface area contributed by atoms with Gasteiger partial charge in [0, 0.05) is 39.1 Å². The predicted octanol–water partition coefficient (Wildman–Crippen LogP) is 1.84. The van der Waals surface area contributed by atoms with Gasteiger partial charge < -0.3 is 14.8 Å². The lowest BCUT2D eigenvalue weighted by Crippen LogP contribution is -2.22. The second-order valence-electron chi connectivity index (χ2n) is 4.83. The first-order valence-electron chi connectivity index (χ1n) is 6.86. The van der Waals surface area contributed by atoms with Gasteiger partial charge in [-0.2, -0.15) is 0 Å². The Morgan fingerprint density at radius 3 is 2.70 bits per heavy atom. The predicted molar refractivity (Wildman–Crippen MR) is 80.9 cm³/mol. The molecule has 2 rings (SSSR count). The molecule has 0 aromatic carbocycles. The fourth-order valence-electron chi connectivity index (χ4n) is 2.26. The topological polar surface area (TPSA) is 58.9 Å². The maximum atomic E-state index is 4.45. The molecule has 108 valence electrons. The molecule has 0 aliphatic rings. The lowest BCUT2D eigenvalue weighted by atomic mass is 10.1. The van der Waals surface area contributed by atoms with Crippen LogP contribution in [0.25, 0.3) is 0 Å². The lowest BCUT2D eigenvalue weighted by Gasteiger charge is -2.22. The fraction of sp³-hybridized carbons (Fsp3) is 0.500. The highest BCUT2D eigenvalue weighted by molar-refractivity contribution is 5.58. The van der Waals surface area contributed by atoms with Gasteiger partial charge in [0.05, 0.1) is 6.54 Å². The highest BCUT2D eigenvalue weighted by Gasteiger charge is 2.15. The molecule has 20 heavy (non-hydrogen) atoms. The summed E-state index contributed by atoms with van der Waals surface area (Å²) in [6.07, 6.45) is 7.39. The Kier molecular flexibility index (Phi) is 4.55. The van der Waals surface area contributed by atoms with Crippen LogP contribution >= 0.6 is 0 Å². The van der Waals surface area contributed by atoms with Gasteiger partial charge in [0.1, 0.15) is 23.8 Å². The lowest BCUT2D eigenvalue weighted by molar-refractivity contribution is 0.748. The van der Waals surface area contributed by atoms with E-state index in [4.69, 9.17) is 0 Å². The van der Waals surface area contributed by atoms with E-state index in [1.807, 2.05) is 38.1 Å². The number of imidazole rings is 1. The molecule has 1 N–H and O–H groups in total. The molecule has 0 spiro atoms. The molecule has 0 aliphatic carbocycles. The number of hydrogen-bond donors (Lipinski definition) is 1. The number of aromatic nitrogens is 4. The van der Waals surface area contributed by atoms with Crippen LogP contribution in [-0.4, -0.2) is 33.6 Å². The van der Waals surface area contributed by atoms with Crippen molar-refractivity contribution in [3.05, 3.63) is 30.1 Å². The van der Waals surface area contributed by atoms with Gasteiger partial charge in [0.25, 0.3) is 0 Å². The number of aryl methyl sites for hydroxylation is 1. The summed E-state index contributed by atoms with van der Waals surface area (Å²) in [4.78, 5) is 15.2. The van der Waals surface area contributed by atoms with Crippen LogP contribution in [0.5, 0.6) is 0 Å². The van der Waals surface area contributed by atoms with Crippen LogP contribution in [0, 0.1) is 0 Å². The molecular weight excluding hydrogens is 252 g/mol. The van der Waals surface area contributed by atoms with Crippen LogP contribution in [-0.2, 0) is 20.0 Å². The van der Waals surface area contributed by atoms with Gasteiger partial charge in [0.2, 0.25) is 0 Å². The quantitative estimate of drug-likeness (QED) is 0.871. The van der Waals surface area contributed by atoms with Gasteiger partial charge in [-0.3, -0.25) is 0 Å². The van der Waals surface area contributed by atoms with E-state index in [1.54, 1.807) is 6.33 Å². The molecule has 0 unspecified atom stereocenters. The standard InChI is InChI=1S/C14H22N6/c1-5-6-11-13(15-2)17-10-18-14(11)20(4)9-12-16-7-8-19(12)3/h7-8,10H,5-6,9H2,1-4H3,(H,15,17,18). The van der Waals surface area contributed by atoms with E-state index in [1.165, 1.54) is 0 Å². The summed E-state index contributed by atoms with van der Waals surface area (Å²) >= 11 is 0. The molecule has 2 heterocycles. The molecule has 0 fully saturated rings. The normalized spacial score (nSPS) is 10.6. The van der Waals surface area contributed by atoms with Gasteiger partial charge in [-0.25, -0.2) is 15.0 Å². The number of rotatable bonds is 6. The van der Waals surface area contributed by atoms with Gasteiger partial charge in [-0.05, 0) is 6.42 Å². The third-order valence-electron chi connectivity index (χ3n) is 3.32. The van der Waals surface area contributed by atoms with Crippen molar-refractivity contribution in [3.63, 3.8) is 0 Å². The molecular formula is C14H22N6. The van der Waals surface area contributed by atoms with Crippen LogP contribution in [0.15, 0.2) is 18.7 Å². The van der Waals surface area contributed by atoms with Crippen molar-refractivity contribution in [1.29, 1.82) is 0 Å². The van der Waals surface area contributed by atoms with E-state index < -0.39 is 0 Å². The third-order valence-corrected chi connectivity index (χ3v) is 3.32. The third kappa shape index (κ3) is 2.89. The Morgan fingerprint density at radius 2 is 2.10 bits per heavy atom. The summed E-state index contributed by atoms with van der Waals surface area (Å²) in [5.41, 5.74) is 1.16. The average Bonchev–Trinajstić information content (AvgIpc) is 2.84. The molecule has 0 saturated heterocycles. The Labute approximate surface area is 119 Å². The summed E-state index contributed by atoms with van der Waals surface area (Å²) in [6.45, 7) is 2.88. The minimum absolute atomic E-state index is 0.723. The molecule has 6 nitrogen and oxygen atoms in total. The monoisotopic (exact) mass is 274 g/mol. The first-order chi connectivity index (χ1) is 9.67. The van der Waals surface area contributed by atoms with Crippen LogP contribution in [0.2, 0.25) is 0 Å². The number of nitrogens with one attached hydrogen (secondary N) is 1. The fourth-order valence-corrected chi connectivity index (χ4v) is 2.26. The molecule has 2 aromatic heterocycles. The maximum absolute atomic E-state index is 4.45. The van der Waals surface area contributed by atoms with Crippen LogP contribution in [0.3, 0.4) is 0 Å². The summed E-state index contributed by atoms with van der Waals surface area (Å²) in [5, 5.41) is 3.15. The van der Waals surface area contributed by atoms with Crippen LogP contribution in [0.1, 0.15) is 24.7 Å². The average molecular weight is 274 g/mol. The molecule has 0 amide bonds. The molecule has 0 saturated carbocycles. The van der Waals surface area contributed by atoms with E-state index in [2.05, 4.69) is 32.1 Å². The van der Waals surface area contributed by atoms with Crippen molar-refractivity contribution in [3.8, 4) is 0 Å². The largest absolute Gasteiger partial charge is 0.373 e. The summed E-state index contributed by atoms with van der Waals surface area (Å²) < 4.78 is 2.02. The molecule has 0 bridgehead atoms. The molecule has 0 aliphatic heterocycles. The minimum Gasteiger partial charge on any atom is -0.373 e. The number of anilines is 2. The summed E-state index contributed by atoms with van der Waals surface area (Å²) in [7, 11) is 5.93. The number of hydrogen-bond acceptors (Lipinski definition) is 5.